The maximum Gasteiger partial charge on any atom is 0.341 e. The zero-order valence-corrected chi connectivity index (χ0v) is 13.5. The standard InChI is InChI=1S/C16H18N2O3S/c1-16(2,3)21-14(19)12-9-10-22-13(12)18-15(20)17-11-7-5-4-6-8-11/h4-10H,1-3H3,(H2,17,18,20). The normalized spacial score (nSPS) is 10.9. The van der Waals surface area contributed by atoms with Crippen molar-refractivity contribution >= 4 is 34.0 Å². The van der Waals surface area contributed by atoms with Gasteiger partial charge in [-0.15, -0.1) is 11.3 Å². The van der Waals surface area contributed by atoms with Gasteiger partial charge in [0.05, 0.1) is 5.56 Å². The van der Waals surface area contributed by atoms with E-state index >= 15 is 0 Å². The number of thiophene rings is 1. The van der Waals surface area contributed by atoms with Gasteiger partial charge in [0.2, 0.25) is 0 Å². The molecule has 2 amide bonds. The van der Waals surface area contributed by atoms with Crippen molar-refractivity contribution in [3.05, 3.63) is 47.3 Å². The number of esters is 1. The third-order valence-electron chi connectivity index (χ3n) is 2.54. The second-order valence-corrected chi connectivity index (χ2v) is 6.53. The molecule has 5 nitrogen and oxygen atoms in total. The van der Waals surface area contributed by atoms with Gasteiger partial charge in [0.1, 0.15) is 10.6 Å². The molecule has 0 aliphatic heterocycles. The molecule has 0 atom stereocenters. The third-order valence-corrected chi connectivity index (χ3v) is 3.37. The number of rotatable bonds is 3. The minimum atomic E-state index is -0.581. The summed E-state index contributed by atoms with van der Waals surface area (Å²) in [6.07, 6.45) is 0. The van der Waals surface area contributed by atoms with Gasteiger partial charge in [0.25, 0.3) is 0 Å². The van der Waals surface area contributed by atoms with E-state index in [1.807, 2.05) is 18.2 Å². The smallest absolute Gasteiger partial charge is 0.341 e. The Kier molecular flexibility index (Phi) is 4.82. The summed E-state index contributed by atoms with van der Waals surface area (Å²) in [7, 11) is 0. The first-order valence-corrected chi connectivity index (χ1v) is 7.67. The SMILES string of the molecule is CC(C)(C)OC(=O)c1ccsc1NC(=O)Nc1ccccc1. The highest BCUT2D eigenvalue weighted by molar-refractivity contribution is 7.14. The molecule has 2 aromatic rings. The molecular weight excluding hydrogens is 300 g/mol. The number of nitrogens with one attached hydrogen (secondary N) is 2. The van der Waals surface area contributed by atoms with Crippen molar-refractivity contribution < 1.29 is 14.3 Å². The Morgan fingerprint density at radius 1 is 1.05 bits per heavy atom. The quantitative estimate of drug-likeness (QED) is 0.827. The predicted octanol–water partition coefficient (Wildman–Crippen LogP) is 4.35. The first kappa shape index (κ1) is 16.0. The monoisotopic (exact) mass is 318 g/mol. The molecule has 0 bridgehead atoms. The number of benzene rings is 1. The van der Waals surface area contributed by atoms with Gasteiger partial charge in [-0.2, -0.15) is 0 Å². The molecule has 0 unspecified atom stereocenters. The van der Waals surface area contributed by atoms with E-state index < -0.39 is 17.6 Å². The maximum absolute atomic E-state index is 12.1. The lowest BCUT2D eigenvalue weighted by molar-refractivity contribution is 0.00713. The molecular formula is C16H18N2O3S. The molecule has 0 saturated heterocycles. The van der Waals surface area contributed by atoms with Gasteiger partial charge in [-0.3, -0.25) is 5.32 Å². The fourth-order valence-electron chi connectivity index (χ4n) is 1.69. The second kappa shape index (κ2) is 6.62. The van der Waals surface area contributed by atoms with Crippen LogP contribution in [0.15, 0.2) is 41.8 Å². The number of hydrogen-bond donors (Lipinski definition) is 2. The molecule has 6 heteroatoms. The fourth-order valence-corrected chi connectivity index (χ4v) is 2.46. The highest BCUT2D eigenvalue weighted by atomic mass is 32.1. The van der Waals surface area contributed by atoms with Gasteiger partial charge in [-0.05, 0) is 44.4 Å². The number of carbonyl (C=O) groups is 2. The largest absolute Gasteiger partial charge is 0.456 e. The summed E-state index contributed by atoms with van der Waals surface area (Å²) < 4.78 is 5.32. The van der Waals surface area contributed by atoms with Gasteiger partial charge in [0, 0.05) is 5.69 Å². The Labute approximate surface area is 133 Å². The van der Waals surface area contributed by atoms with Crippen LogP contribution in [0.2, 0.25) is 0 Å². The summed E-state index contributed by atoms with van der Waals surface area (Å²) in [6, 6.07) is 10.3. The van der Waals surface area contributed by atoms with Crippen molar-refractivity contribution in [3.8, 4) is 0 Å². The average Bonchev–Trinajstić information content (AvgIpc) is 2.86. The van der Waals surface area contributed by atoms with Crippen molar-refractivity contribution in [1.82, 2.24) is 0 Å². The van der Waals surface area contributed by atoms with Crippen LogP contribution in [-0.4, -0.2) is 17.6 Å². The molecule has 1 aromatic carbocycles. The van der Waals surface area contributed by atoms with Crippen LogP contribution in [-0.2, 0) is 4.74 Å². The Bertz CT molecular complexity index is 660. The summed E-state index contributed by atoms with van der Waals surface area (Å²) in [4.78, 5) is 24.1. The summed E-state index contributed by atoms with van der Waals surface area (Å²) in [5.41, 5.74) is 0.446. The number of amides is 2. The van der Waals surface area contributed by atoms with Gasteiger partial charge >= 0.3 is 12.0 Å². The van der Waals surface area contributed by atoms with Crippen molar-refractivity contribution in [2.24, 2.45) is 0 Å². The van der Waals surface area contributed by atoms with Crippen molar-refractivity contribution in [2.45, 2.75) is 26.4 Å². The third kappa shape index (κ3) is 4.60. The topological polar surface area (TPSA) is 67.4 Å². The lowest BCUT2D eigenvalue weighted by atomic mass is 10.2. The highest BCUT2D eigenvalue weighted by Crippen LogP contribution is 2.25. The highest BCUT2D eigenvalue weighted by Gasteiger charge is 2.22. The van der Waals surface area contributed by atoms with E-state index in [4.69, 9.17) is 4.74 Å². The van der Waals surface area contributed by atoms with Crippen LogP contribution >= 0.6 is 11.3 Å². The van der Waals surface area contributed by atoms with Gasteiger partial charge in [0.15, 0.2) is 0 Å². The maximum atomic E-state index is 12.1. The number of anilines is 2. The van der Waals surface area contributed by atoms with Crippen molar-refractivity contribution in [2.75, 3.05) is 10.6 Å². The van der Waals surface area contributed by atoms with E-state index in [2.05, 4.69) is 10.6 Å². The molecule has 116 valence electrons. The van der Waals surface area contributed by atoms with Gasteiger partial charge < -0.3 is 10.1 Å². The summed E-state index contributed by atoms with van der Waals surface area (Å²) in [6.45, 7) is 5.39. The number of urea groups is 1. The lowest BCUT2D eigenvalue weighted by Crippen LogP contribution is -2.25. The minimum Gasteiger partial charge on any atom is -0.456 e. The van der Waals surface area contributed by atoms with E-state index in [1.54, 1.807) is 44.4 Å². The summed E-state index contributed by atoms with van der Waals surface area (Å²) >= 11 is 1.27. The predicted molar refractivity (Wildman–Crippen MR) is 88.6 cm³/mol. The van der Waals surface area contributed by atoms with E-state index in [-0.39, 0.29) is 0 Å². The average molecular weight is 318 g/mol. The Hall–Kier alpha value is -2.34. The Morgan fingerprint density at radius 2 is 1.73 bits per heavy atom. The zero-order chi connectivity index (χ0) is 16.2. The molecule has 0 saturated carbocycles. The first-order valence-electron chi connectivity index (χ1n) is 6.79. The zero-order valence-electron chi connectivity index (χ0n) is 12.7. The lowest BCUT2D eigenvalue weighted by Gasteiger charge is -2.19. The molecule has 1 aromatic heterocycles. The number of ether oxygens (including phenoxy) is 1. The van der Waals surface area contributed by atoms with E-state index in [9.17, 15) is 9.59 Å². The molecule has 0 aliphatic rings. The molecule has 0 radical (unpaired) electrons. The Morgan fingerprint density at radius 3 is 2.36 bits per heavy atom. The van der Waals surface area contributed by atoms with Gasteiger partial charge in [-0.25, -0.2) is 9.59 Å². The molecule has 2 N–H and O–H groups in total. The van der Waals surface area contributed by atoms with E-state index in [0.29, 0.717) is 16.3 Å². The first-order chi connectivity index (χ1) is 10.3. The van der Waals surface area contributed by atoms with Crippen molar-refractivity contribution in [1.29, 1.82) is 0 Å². The van der Waals surface area contributed by atoms with Crippen LogP contribution in [0.5, 0.6) is 0 Å². The molecule has 0 spiro atoms. The molecule has 2 rings (SSSR count). The molecule has 22 heavy (non-hydrogen) atoms. The van der Waals surface area contributed by atoms with Crippen LogP contribution in [0.3, 0.4) is 0 Å². The van der Waals surface area contributed by atoms with Gasteiger partial charge in [-0.1, -0.05) is 18.2 Å². The fraction of sp³-hybridized carbons (Fsp3) is 0.250. The molecule has 1 heterocycles. The second-order valence-electron chi connectivity index (χ2n) is 5.61. The van der Waals surface area contributed by atoms with Crippen LogP contribution in [0.25, 0.3) is 0 Å². The van der Waals surface area contributed by atoms with Crippen LogP contribution in [0, 0.1) is 0 Å². The summed E-state index contributed by atoms with van der Waals surface area (Å²) in [5.74, 6) is -0.455. The Balaban J connectivity index is 2.03. The van der Waals surface area contributed by atoms with Crippen molar-refractivity contribution in [3.63, 3.8) is 0 Å². The number of carbonyl (C=O) groups excluding carboxylic acids is 2. The number of para-hydroxylation sites is 1. The van der Waals surface area contributed by atoms with E-state index in [1.165, 1.54) is 11.3 Å². The molecule has 0 fully saturated rings. The van der Waals surface area contributed by atoms with Crippen LogP contribution in [0.1, 0.15) is 31.1 Å². The van der Waals surface area contributed by atoms with Crippen LogP contribution < -0.4 is 10.6 Å². The van der Waals surface area contributed by atoms with E-state index in [0.717, 1.165) is 0 Å². The van der Waals surface area contributed by atoms with Crippen LogP contribution in [0.4, 0.5) is 15.5 Å². The minimum absolute atomic E-state index is 0.350. The summed E-state index contributed by atoms with van der Waals surface area (Å²) in [5, 5.41) is 7.57. The molecule has 0 aliphatic carbocycles. The number of hydrogen-bond acceptors (Lipinski definition) is 4.